The fraction of sp³-hybridized carbons (Fsp3) is 0.300. The lowest BCUT2D eigenvalue weighted by Gasteiger charge is -2.03. The summed E-state index contributed by atoms with van der Waals surface area (Å²) in [5.41, 5.74) is 1.02. The van der Waals surface area contributed by atoms with Crippen LogP contribution in [0.15, 0.2) is 11.6 Å². The first-order valence-electron chi connectivity index (χ1n) is 4.95. The van der Waals surface area contributed by atoms with Crippen molar-refractivity contribution in [2.24, 2.45) is 7.05 Å². The molecule has 0 saturated heterocycles. The topological polar surface area (TPSA) is 59.8 Å². The molecule has 2 rings (SSSR count). The number of carbonyl (C=O) groups is 1. The normalized spacial score (nSPS) is 10.5. The summed E-state index contributed by atoms with van der Waals surface area (Å²) in [6, 6.07) is 0. The van der Waals surface area contributed by atoms with E-state index in [4.69, 9.17) is 11.6 Å². The highest BCUT2D eigenvalue weighted by atomic mass is 35.5. The molecule has 0 spiro atoms. The van der Waals surface area contributed by atoms with Gasteiger partial charge >= 0.3 is 0 Å². The molecule has 7 heteroatoms. The lowest BCUT2D eigenvalue weighted by Crippen LogP contribution is -2.25. The summed E-state index contributed by atoms with van der Waals surface area (Å²) in [7, 11) is 1.69. The molecule has 17 heavy (non-hydrogen) atoms. The lowest BCUT2D eigenvalue weighted by atomic mass is 10.3. The van der Waals surface area contributed by atoms with Crippen molar-refractivity contribution < 1.29 is 4.79 Å². The van der Waals surface area contributed by atoms with Crippen LogP contribution in [0.4, 0.5) is 0 Å². The van der Waals surface area contributed by atoms with Crippen LogP contribution in [0.2, 0.25) is 5.02 Å². The van der Waals surface area contributed by atoms with Gasteiger partial charge in [0.2, 0.25) is 0 Å². The molecule has 0 aliphatic carbocycles. The number of hydrogen-bond acceptors (Lipinski definition) is 4. The molecule has 0 aliphatic heterocycles. The lowest BCUT2D eigenvalue weighted by molar-refractivity contribution is 0.0941. The number of thiazole rings is 1. The SMILES string of the molecule is Cc1nn(C)c(C(=O)NCc2nccs2)c1Cl. The average molecular weight is 271 g/mol. The number of nitrogens with zero attached hydrogens (tertiary/aromatic N) is 3. The van der Waals surface area contributed by atoms with Crippen molar-refractivity contribution in [3.63, 3.8) is 0 Å². The minimum atomic E-state index is -0.242. The summed E-state index contributed by atoms with van der Waals surface area (Å²) in [6.07, 6.45) is 1.70. The molecule has 1 amide bonds. The van der Waals surface area contributed by atoms with Crippen molar-refractivity contribution >= 4 is 28.8 Å². The first kappa shape index (κ1) is 12.1. The predicted molar refractivity (Wildman–Crippen MR) is 66.2 cm³/mol. The molecule has 0 atom stereocenters. The highest BCUT2D eigenvalue weighted by molar-refractivity contribution is 7.09. The van der Waals surface area contributed by atoms with E-state index >= 15 is 0 Å². The van der Waals surface area contributed by atoms with Crippen LogP contribution in [0, 0.1) is 6.92 Å². The Bertz CT molecular complexity index is 535. The highest BCUT2D eigenvalue weighted by Gasteiger charge is 2.18. The highest BCUT2D eigenvalue weighted by Crippen LogP contribution is 2.19. The standard InChI is InChI=1S/C10H11ClN4OS/c1-6-8(11)9(15(2)14-6)10(16)13-5-7-12-3-4-17-7/h3-4H,5H2,1-2H3,(H,13,16). The van der Waals surface area contributed by atoms with Crippen molar-refractivity contribution in [1.82, 2.24) is 20.1 Å². The number of rotatable bonds is 3. The first-order valence-corrected chi connectivity index (χ1v) is 6.21. The van der Waals surface area contributed by atoms with E-state index in [0.29, 0.717) is 23.0 Å². The van der Waals surface area contributed by atoms with Crippen LogP contribution in [-0.2, 0) is 13.6 Å². The van der Waals surface area contributed by atoms with Gasteiger partial charge in [-0.25, -0.2) is 4.98 Å². The average Bonchev–Trinajstić information content (AvgIpc) is 2.86. The van der Waals surface area contributed by atoms with E-state index in [1.807, 2.05) is 5.38 Å². The predicted octanol–water partition coefficient (Wildman–Crippen LogP) is 1.77. The maximum atomic E-state index is 11.9. The van der Waals surface area contributed by atoms with Gasteiger partial charge in [-0.2, -0.15) is 5.10 Å². The van der Waals surface area contributed by atoms with Crippen molar-refractivity contribution in [1.29, 1.82) is 0 Å². The van der Waals surface area contributed by atoms with E-state index in [2.05, 4.69) is 15.4 Å². The second-order valence-electron chi connectivity index (χ2n) is 3.48. The van der Waals surface area contributed by atoms with Crippen molar-refractivity contribution in [2.75, 3.05) is 0 Å². The van der Waals surface area contributed by atoms with Crippen molar-refractivity contribution in [3.05, 3.63) is 33.0 Å². The Balaban J connectivity index is 2.10. The quantitative estimate of drug-likeness (QED) is 0.925. The fourth-order valence-corrected chi connectivity index (χ4v) is 2.26. The largest absolute Gasteiger partial charge is 0.344 e. The molecule has 0 radical (unpaired) electrons. The number of carbonyl (C=O) groups excluding carboxylic acids is 1. The molecule has 0 saturated carbocycles. The summed E-state index contributed by atoms with van der Waals surface area (Å²) in [5.74, 6) is -0.242. The summed E-state index contributed by atoms with van der Waals surface area (Å²) < 4.78 is 1.48. The molecule has 2 heterocycles. The Hall–Kier alpha value is -1.40. The van der Waals surface area contributed by atoms with Crippen molar-refractivity contribution in [3.8, 4) is 0 Å². The second-order valence-corrected chi connectivity index (χ2v) is 4.84. The first-order chi connectivity index (χ1) is 8.09. The van der Waals surface area contributed by atoms with Gasteiger partial charge in [0, 0.05) is 18.6 Å². The Labute approximate surface area is 107 Å². The van der Waals surface area contributed by atoms with Crippen LogP contribution in [0.25, 0.3) is 0 Å². The minimum absolute atomic E-state index is 0.242. The van der Waals surface area contributed by atoms with Gasteiger partial charge in [-0.15, -0.1) is 11.3 Å². The van der Waals surface area contributed by atoms with Gasteiger partial charge in [-0.05, 0) is 6.92 Å². The van der Waals surface area contributed by atoms with Gasteiger partial charge in [0.05, 0.1) is 17.3 Å². The number of aryl methyl sites for hydroxylation is 2. The smallest absolute Gasteiger partial charge is 0.271 e. The number of aromatic nitrogens is 3. The van der Waals surface area contributed by atoms with Crippen LogP contribution in [0.1, 0.15) is 21.2 Å². The second kappa shape index (κ2) is 4.85. The third kappa shape index (κ3) is 2.48. The van der Waals surface area contributed by atoms with Crippen molar-refractivity contribution in [2.45, 2.75) is 13.5 Å². The van der Waals surface area contributed by atoms with Gasteiger partial charge in [-0.1, -0.05) is 11.6 Å². The molecular formula is C10H11ClN4OS. The molecule has 0 aromatic carbocycles. The molecule has 1 N–H and O–H groups in total. The molecule has 0 aliphatic rings. The van der Waals surface area contributed by atoms with E-state index in [-0.39, 0.29) is 5.91 Å². The summed E-state index contributed by atoms with van der Waals surface area (Å²) in [5, 5.41) is 9.96. The Kier molecular flexibility index (Phi) is 3.44. The molecule has 2 aromatic heterocycles. The molecule has 0 fully saturated rings. The Morgan fingerprint density at radius 2 is 2.41 bits per heavy atom. The van der Waals surface area contributed by atoms with Crippen LogP contribution >= 0.6 is 22.9 Å². The maximum absolute atomic E-state index is 11.9. The van der Waals surface area contributed by atoms with E-state index in [1.54, 1.807) is 20.2 Å². The third-order valence-electron chi connectivity index (χ3n) is 2.25. The number of nitrogens with one attached hydrogen (secondary N) is 1. The molecule has 90 valence electrons. The zero-order valence-electron chi connectivity index (χ0n) is 9.40. The monoisotopic (exact) mass is 270 g/mol. The van der Waals surface area contributed by atoms with Gasteiger partial charge < -0.3 is 5.32 Å². The van der Waals surface area contributed by atoms with E-state index in [1.165, 1.54) is 16.0 Å². The zero-order valence-corrected chi connectivity index (χ0v) is 11.0. The van der Waals surface area contributed by atoms with Crippen LogP contribution in [0.3, 0.4) is 0 Å². The minimum Gasteiger partial charge on any atom is -0.344 e. The molecular weight excluding hydrogens is 260 g/mol. The molecule has 0 unspecified atom stereocenters. The summed E-state index contributed by atoms with van der Waals surface area (Å²) in [6.45, 7) is 2.16. The molecule has 0 bridgehead atoms. The van der Waals surface area contributed by atoms with Crippen LogP contribution in [0.5, 0.6) is 0 Å². The molecule has 5 nitrogen and oxygen atoms in total. The van der Waals surface area contributed by atoms with E-state index in [0.717, 1.165) is 5.01 Å². The van der Waals surface area contributed by atoms with Crippen LogP contribution in [-0.4, -0.2) is 20.7 Å². The Morgan fingerprint density at radius 1 is 1.65 bits per heavy atom. The molecule has 2 aromatic rings. The third-order valence-corrected chi connectivity index (χ3v) is 3.48. The Morgan fingerprint density at radius 3 is 2.94 bits per heavy atom. The zero-order chi connectivity index (χ0) is 12.4. The number of halogens is 1. The van der Waals surface area contributed by atoms with E-state index in [9.17, 15) is 4.79 Å². The van der Waals surface area contributed by atoms with Gasteiger partial charge in [-0.3, -0.25) is 9.48 Å². The summed E-state index contributed by atoms with van der Waals surface area (Å²) >= 11 is 7.50. The number of amides is 1. The number of hydrogen-bond donors (Lipinski definition) is 1. The van der Waals surface area contributed by atoms with E-state index < -0.39 is 0 Å². The van der Waals surface area contributed by atoms with Crippen LogP contribution < -0.4 is 5.32 Å². The maximum Gasteiger partial charge on any atom is 0.271 e. The van der Waals surface area contributed by atoms with Gasteiger partial charge in [0.15, 0.2) is 0 Å². The van der Waals surface area contributed by atoms with Gasteiger partial charge in [0.25, 0.3) is 5.91 Å². The van der Waals surface area contributed by atoms with Gasteiger partial charge in [0.1, 0.15) is 10.7 Å². The fourth-order valence-electron chi connectivity index (χ4n) is 1.46. The summed E-state index contributed by atoms with van der Waals surface area (Å²) in [4.78, 5) is 16.0.